The Morgan fingerprint density at radius 3 is 2.62 bits per heavy atom. The molecule has 0 saturated carbocycles. The second-order valence-corrected chi connectivity index (χ2v) is 3.15. The average Bonchev–Trinajstić information content (AvgIpc) is 2.59. The molecule has 4 heteroatoms. The van der Waals surface area contributed by atoms with Gasteiger partial charge >= 0.3 is 5.97 Å². The normalized spacial score (nSPS) is 9.69. The first-order valence-corrected chi connectivity index (χ1v) is 5.32. The number of fused-ring (bicyclic) bond motifs is 1. The lowest BCUT2D eigenvalue weighted by molar-refractivity contribution is -0.137. The summed E-state index contributed by atoms with van der Waals surface area (Å²) >= 11 is 0. The van der Waals surface area contributed by atoms with Crippen LogP contribution in [0.1, 0.15) is 19.5 Å². The van der Waals surface area contributed by atoms with Crippen molar-refractivity contribution in [2.75, 3.05) is 0 Å². The molecule has 86 valence electrons. The van der Waals surface area contributed by atoms with Crippen LogP contribution in [0.3, 0.4) is 0 Å². The number of benzene rings is 1. The van der Waals surface area contributed by atoms with Crippen molar-refractivity contribution in [3.63, 3.8) is 0 Å². The maximum Gasteiger partial charge on any atom is 0.325 e. The van der Waals surface area contributed by atoms with Crippen LogP contribution in [0, 0.1) is 6.92 Å². The summed E-state index contributed by atoms with van der Waals surface area (Å²) < 4.78 is 1.51. The van der Waals surface area contributed by atoms with Gasteiger partial charge in [0.2, 0.25) is 0 Å². The molecule has 1 aromatic heterocycles. The zero-order valence-electron chi connectivity index (χ0n) is 9.77. The predicted molar refractivity (Wildman–Crippen MR) is 63.5 cm³/mol. The molecule has 1 heterocycles. The lowest BCUT2D eigenvalue weighted by atomic mass is 10.2. The van der Waals surface area contributed by atoms with E-state index in [0.717, 1.165) is 16.6 Å². The minimum absolute atomic E-state index is 0.0889. The van der Waals surface area contributed by atoms with E-state index < -0.39 is 5.97 Å². The molecule has 0 aliphatic heterocycles. The van der Waals surface area contributed by atoms with Gasteiger partial charge in [0, 0.05) is 5.39 Å². The number of aromatic nitrogens is 2. The van der Waals surface area contributed by atoms with Gasteiger partial charge in [-0.15, -0.1) is 0 Å². The van der Waals surface area contributed by atoms with Gasteiger partial charge < -0.3 is 5.11 Å². The number of rotatable bonds is 2. The summed E-state index contributed by atoms with van der Waals surface area (Å²) in [7, 11) is 0. The van der Waals surface area contributed by atoms with Crippen LogP contribution in [-0.4, -0.2) is 20.9 Å². The van der Waals surface area contributed by atoms with Crippen molar-refractivity contribution in [3.05, 3.63) is 30.0 Å². The predicted octanol–water partition coefficient (Wildman–Crippen LogP) is 2.46. The van der Waals surface area contributed by atoms with E-state index in [-0.39, 0.29) is 6.54 Å². The van der Waals surface area contributed by atoms with Crippen molar-refractivity contribution in [2.24, 2.45) is 0 Å². The third-order valence-electron chi connectivity index (χ3n) is 2.13. The molecule has 2 rings (SSSR count). The summed E-state index contributed by atoms with van der Waals surface area (Å²) in [5.41, 5.74) is 1.73. The second-order valence-electron chi connectivity index (χ2n) is 3.15. The Labute approximate surface area is 94.5 Å². The number of aryl methyl sites for hydroxylation is 1. The fourth-order valence-corrected chi connectivity index (χ4v) is 1.54. The van der Waals surface area contributed by atoms with Crippen LogP contribution in [-0.2, 0) is 11.3 Å². The van der Waals surface area contributed by atoms with E-state index in [2.05, 4.69) is 5.10 Å². The number of carboxylic acid groups (broad SMARTS) is 1. The monoisotopic (exact) mass is 220 g/mol. The van der Waals surface area contributed by atoms with Gasteiger partial charge in [0.1, 0.15) is 6.54 Å². The highest BCUT2D eigenvalue weighted by atomic mass is 16.4. The molecule has 0 radical (unpaired) electrons. The molecule has 0 aliphatic rings. The molecular weight excluding hydrogens is 204 g/mol. The molecule has 0 bridgehead atoms. The molecule has 4 nitrogen and oxygen atoms in total. The number of carboxylic acids is 1. The summed E-state index contributed by atoms with van der Waals surface area (Å²) in [4.78, 5) is 10.6. The average molecular weight is 220 g/mol. The first-order valence-electron chi connectivity index (χ1n) is 5.32. The molecule has 0 aliphatic carbocycles. The smallest absolute Gasteiger partial charge is 0.325 e. The number of aliphatic carboxylic acids is 1. The van der Waals surface area contributed by atoms with Crippen molar-refractivity contribution >= 4 is 16.9 Å². The Morgan fingerprint density at radius 1 is 1.38 bits per heavy atom. The molecule has 16 heavy (non-hydrogen) atoms. The van der Waals surface area contributed by atoms with Crippen LogP contribution in [0.15, 0.2) is 24.3 Å². The summed E-state index contributed by atoms with van der Waals surface area (Å²) in [5.74, 6) is -0.877. The van der Waals surface area contributed by atoms with Gasteiger partial charge in [-0.3, -0.25) is 9.48 Å². The molecular formula is C12H16N2O2. The van der Waals surface area contributed by atoms with Crippen molar-refractivity contribution in [1.29, 1.82) is 0 Å². The minimum Gasteiger partial charge on any atom is -0.480 e. The summed E-state index contributed by atoms with van der Waals surface area (Å²) in [6, 6.07) is 7.61. The SMILES string of the molecule is CC.Cc1nn(CC(=O)O)c2ccccc12. The Balaban J connectivity index is 0.000000606. The molecule has 0 spiro atoms. The van der Waals surface area contributed by atoms with Crippen LogP contribution in [0.4, 0.5) is 0 Å². The highest BCUT2D eigenvalue weighted by Crippen LogP contribution is 2.16. The maximum absolute atomic E-state index is 10.6. The molecule has 0 amide bonds. The summed E-state index contributed by atoms with van der Waals surface area (Å²) in [5, 5.41) is 13.8. The van der Waals surface area contributed by atoms with E-state index in [4.69, 9.17) is 5.11 Å². The van der Waals surface area contributed by atoms with Crippen LogP contribution in [0.25, 0.3) is 10.9 Å². The van der Waals surface area contributed by atoms with Crippen LogP contribution >= 0.6 is 0 Å². The zero-order valence-corrected chi connectivity index (χ0v) is 9.77. The third-order valence-corrected chi connectivity index (χ3v) is 2.13. The highest BCUT2D eigenvalue weighted by molar-refractivity contribution is 5.82. The fourth-order valence-electron chi connectivity index (χ4n) is 1.54. The van der Waals surface area contributed by atoms with Gasteiger partial charge in [-0.1, -0.05) is 32.0 Å². The van der Waals surface area contributed by atoms with E-state index in [1.807, 2.05) is 45.0 Å². The van der Waals surface area contributed by atoms with Gasteiger partial charge in [-0.05, 0) is 13.0 Å². The quantitative estimate of drug-likeness (QED) is 0.845. The third kappa shape index (κ3) is 2.39. The van der Waals surface area contributed by atoms with Crippen molar-refractivity contribution in [3.8, 4) is 0 Å². The molecule has 1 aromatic carbocycles. The lowest BCUT2D eigenvalue weighted by Gasteiger charge is -1.97. The largest absolute Gasteiger partial charge is 0.480 e. The van der Waals surface area contributed by atoms with E-state index in [1.165, 1.54) is 4.68 Å². The summed E-state index contributed by atoms with van der Waals surface area (Å²) in [6.07, 6.45) is 0. The number of nitrogens with zero attached hydrogens (tertiary/aromatic N) is 2. The van der Waals surface area contributed by atoms with Gasteiger partial charge in [0.25, 0.3) is 0 Å². The number of hydrogen-bond donors (Lipinski definition) is 1. The molecule has 2 aromatic rings. The number of hydrogen-bond acceptors (Lipinski definition) is 2. The van der Waals surface area contributed by atoms with Gasteiger partial charge in [-0.25, -0.2) is 0 Å². The van der Waals surface area contributed by atoms with E-state index >= 15 is 0 Å². The minimum atomic E-state index is -0.877. The summed E-state index contributed by atoms with van der Waals surface area (Å²) in [6.45, 7) is 5.79. The Hall–Kier alpha value is -1.84. The first kappa shape index (κ1) is 12.2. The molecule has 0 atom stereocenters. The molecule has 1 N–H and O–H groups in total. The van der Waals surface area contributed by atoms with E-state index in [0.29, 0.717) is 0 Å². The van der Waals surface area contributed by atoms with Crippen LogP contribution < -0.4 is 0 Å². The number of para-hydroxylation sites is 1. The van der Waals surface area contributed by atoms with Crippen LogP contribution in [0.5, 0.6) is 0 Å². The Kier molecular flexibility index (Phi) is 4.05. The standard InChI is InChI=1S/C10H10N2O2.C2H6/c1-7-8-4-2-3-5-9(8)12(11-7)6-10(13)14;1-2/h2-5H,6H2,1H3,(H,13,14);1-2H3. The lowest BCUT2D eigenvalue weighted by Crippen LogP contribution is -2.09. The second kappa shape index (κ2) is 5.30. The molecule has 0 fully saturated rings. The molecule has 0 unspecified atom stereocenters. The van der Waals surface area contributed by atoms with Crippen LogP contribution in [0.2, 0.25) is 0 Å². The molecule has 0 saturated heterocycles. The van der Waals surface area contributed by atoms with E-state index in [1.54, 1.807) is 0 Å². The highest BCUT2D eigenvalue weighted by Gasteiger charge is 2.08. The van der Waals surface area contributed by atoms with Gasteiger partial charge in [-0.2, -0.15) is 5.10 Å². The van der Waals surface area contributed by atoms with E-state index in [9.17, 15) is 4.79 Å². The Bertz CT molecular complexity index is 489. The maximum atomic E-state index is 10.6. The first-order chi connectivity index (χ1) is 7.68. The topological polar surface area (TPSA) is 55.1 Å². The van der Waals surface area contributed by atoms with Crippen molar-refractivity contribution < 1.29 is 9.90 Å². The van der Waals surface area contributed by atoms with Crippen molar-refractivity contribution in [1.82, 2.24) is 9.78 Å². The Morgan fingerprint density at radius 2 is 2.00 bits per heavy atom. The van der Waals surface area contributed by atoms with Gasteiger partial charge in [0.15, 0.2) is 0 Å². The number of carbonyl (C=O) groups is 1. The van der Waals surface area contributed by atoms with Crippen molar-refractivity contribution in [2.45, 2.75) is 27.3 Å². The zero-order chi connectivity index (χ0) is 12.1. The van der Waals surface area contributed by atoms with Gasteiger partial charge in [0.05, 0.1) is 11.2 Å². The fraction of sp³-hybridized carbons (Fsp3) is 0.333.